The normalized spacial score (nSPS) is 11.3. The molecule has 3 aromatic rings. The average molecular weight is 214 g/mol. The molecule has 0 fully saturated rings. The van der Waals surface area contributed by atoms with Gasteiger partial charge < -0.3 is 8.98 Å². The van der Waals surface area contributed by atoms with Gasteiger partial charge in [-0.2, -0.15) is 0 Å². The second-order valence-corrected chi connectivity index (χ2v) is 3.60. The minimum absolute atomic E-state index is 0.0215. The molecule has 0 saturated heterocycles. The van der Waals surface area contributed by atoms with E-state index in [1.807, 2.05) is 19.1 Å². The molecule has 0 aliphatic carbocycles. The van der Waals surface area contributed by atoms with E-state index in [0.717, 1.165) is 5.39 Å². The van der Waals surface area contributed by atoms with E-state index < -0.39 is 0 Å². The first-order chi connectivity index (χ1) is 7.81. The Morgan fingerprint density at radius 2 is 2.31 bits per heavy atom. The lowest BCUT2D eigenvalue weighted by Crippen LogP contribution is -2.17. The molecule has 4 heteroatoms. The first kappa shape index (κ1) is 9.15. The maximum atomic E-state index is 12.1. The van der Waals surface area contributed by atoms with Crippen molar-refractivity contribution in [2.45, 2.75) is 13.5 Å². The second-order valence-electron chi connectivity index (χ2n) is 3.60. The lowest BCUT2D eigenvalue weighted by Gasteiger charge is -1.99. The number of aromatic nitrogens is 2. The molecule has 0 saturated carbocycles. The Kier molecular flexibility index (Phi) is 1.83. The van der Waals surface area contributed by atoms with Crippen LogP contribution in [0.1, 0.15) is 6.92 Å². The van der Waals surface area contributed by atoms with Crippen LogP contribution in [0.2, 0.25) is 0 Å². The van der Waals surface area contributed by atoms with E-state index in [-0.39, 0.29) is 5.56 Å². The number of rotatable bonds is 1. The number of hydrogen-bond acceptors (Lipinski definition) is 3. The lowest BCUT2D eigenvalue weighted by atomic mass is 10.2. The minimum atomic E-state index is -0.0215. The molecule has 3 aromatic heterocycles. The van der Waals surface area contributed by atoms with Gasteiger partial charge in [0.25, 0.3) is 5.56 Å². The molecule has 0 aliphatic rings. The van der Waals surface area contributed by atoms with E-state index in [4.69, 9.17) is 4.42 Å². The summed E-state index contributed by atoms with van der Waals surface area (Å²) in [6.07, 6.45) is 3.40. The Bertz CT molecular complexity index is 725. The molecule has 3 heterocycles. The molecule has 80 valence electrons. The number of aryl methyl sites for hydroxylation is 1. The summed E-state index contributed by atoms with van der Waals surface area (Å²) >= 11 is 0. The van der Waals surface area contributed by atoms with Crippen molar-refractivity contribution in [1.82, 2.24) is 9.55 Å². The number of nitrogens with zero attached hydrogens (tertiary/aromatic N) is 2. The highest BCUT2D eigenvalue weighted by atomic mass is 16.3. The lowest BCUT2D eigenvalue weighted by molar-refractivity contribution is 0.649. The van der Waals surface area contributed by atoms with Crippen LogP contribution in [0, 0.1) is 0 Å². The number of hydrogen-bond donors (Lipinski definition) is 0. The minimum Gasteiger partial charge on any atom is -0.437 e. The molecule has 4 nitrogen and oxygen atoms in total. The zero-order chi connectivity index (χ0) is 11.1. The van der Waals surface area contributed by atoms with Crippen LogP contribution in [0.3, 0.4) is 0 Å². The summed E-state index contributed by atoms with van der Waals surface area (Å²) in [6.45, 7) is 2.59. The summed E-state index contributed by atoms with van der Waals surface area (Å²) in [5.41, 5.74) is 1.10. The summed E-state index contributed by atoms with van der Waals surface area (Å²) < 4.78 is 7.17. The Morgan fingerprint density at radius 3 is 3.12 bits per heavy atom. The zero-order valence-corrected chi connectivity index (χ0v) is 8.80. The molecule has 0 spiro atoms. The average Bonchev–Trinajstić information content (AvgIpc) is 2.68. The molecule has 0 bridgehead atoms. The van der Waals surface area contributed by atoms with E-state index in [9.17, 15) is 4.79 Å². The van der Waals surface area contributed by atoms with Gasteiger partial charge in [-0.15, -0.1) is 0 Å². The van der Waals surface area contributed by atoms with Crippen LogP contribution in [-0.2, 0) is 6.54 Å². The summed E-state index contributed by atoms with van der Waals surface area (Å²) in [4.78, 5) is 16.2. The summed E-state index contributed by atoms with van der Waals surface area (Å²) in [6, 6.07) is 5.47. The molecular weight excluding hydrogens is 204 g/mol. The molecular formula is C12H10N2O2. The van der Waals surface area contributed by atoms with Gasteiger partial charge in [0.2, 0.25) is 5.71 Å². The fourth-order valence-corrected chi connectivity index (χ4v) is 1.91. The number of pyridine rings is 2. The summed E-state index contributed by atoms with van der Waals surface area (Å²) in [5.74, 6) is 0. The standard InChI is InChI=1S/C12H10N2O2/c1-2-14-7-5-9-10(12(14)15)8-4-3-6-13-11(8)16-9/h3-7H,2H2,1H3. The van der Waals surface area contributed by atoms with Crippen LogP contribution in [0.5, 0.6) is 0 Å². The smallest absolute Gasteiger partial charge is 0.262 e. The first-order valence-electron chi connectivity index (χ1n) is 5.18. The quantitative estimate of drug-likeness (QED) is 0.623. The van der Waals surface area contributed by atoms with Crippen LogP contribution in [0.15, 0.2) is 39.8 Å². The molecule has 0 atom stereocenters. The Morgan fingerprint density at radius 1 is 1.44 bits per heavy atom. The van der Waals surface area contributed by atoms with Gasteiger partial charge in [-0.1, -0.05) is 0 Å². The van der Waals surface area contributed by atoms with Crippen molar-refractivity contribution in [3.8, 4) is 0 Å². The zero-order valence-electron chi connectivity index (χ0n) is 8.80. The molecule has 3 rings (SSSR count). The van der Waals surface area contributed by atoms with Crippen molar-refractivity contribution >= 4 is 22.1 Å². The molecule has 0 aliphatic heterocycles. The Labute approximate surface area is 91.1 Å². The van der Waals surface area contributed by atoms with Crippen molar-refractivity contribution in [3.05, 3.63) is 40.9 Å². The predicted octanol–water partition coefficient (Wildman–Crippen LogP) is 2.16. The number of fused-ring (bicyclic) bond motifs is 3. The third-order valence-corrected chi connectivity index (χ3v) is 2.71. The van der Waals surface area contributed by atoms with Gasteiger partial charge in [-0.3, -0.25) is 4.79 Å². The third-order valence-electron chi connectivity index (χ3n) is 2.71. The highest BCUT2D eigenvalue weighted by molar-refractivity contribution is 6.02. The van der Waals surface area contributed by atoms with E-state index in [1.54, 1.807) is 23.0 Å². The van der Waals surface area contributed by atoms with Gasteiger partial charge >= 0.3 is 0 Å². The highest BCUT2D eigenvalue weighted by Gasteiger charge is 2.11. The van der Waals surface area contributed by atoms with Crippen molar-refractivity contribution in [2.75, 3.05) is 0 Å². The van der Waals surface area contributed by atoms with E-state index >= 15 is 0 Å². The largest absolute Gasteiger partial charge is 0.437 e. The van der Waals surface area contributed by atoms with E-state index in [1.165, 1.54) is 0 Å². The van der Waals surface area contributed by atoms with Gasteiger partial charge in [-0.25, -0.2) is 4.98 Å². The number of furan rings is 1. The SMILES string of the molecule is CCn1ccc2oc3ncccc3c2c1=O. The van der Waals surface area contributed by atoms with Gasteiger partial charge in [-0.05, 0) is 25.1 Å². The van der Waals surface area contributed by atoms with Crippen molar-refractivity contribution in [1.29, 1.82) is 0 Å². The predicted molar refractivity (Wildman–Crippen MR) is 61.4 cm³/mol. The van der Waals surface area contributed by atoms with Crippen molar-refractivity contribution < 1.29 is 4.42 Å². The fourth-order valence-electron chi connectivity index (χ4n) is 1.91. The second kappa shape index (κ2) is 3.20. The van der Waals surface area contributed by atoms with Gasteiger partial charge in [0.05, 0.1) is 10.8 Å². The monoisotopic (exact) mass is 214 g/mol. The third kappa shape index (κ3) is 1.10. The van der Waals surface area contributed by atoms with Crippen LogP contribution in [0.25, 0.3) is 22.1 Å². The van der Waals surface area contributed by atoms with Crippen LogP contribution < -0.4 is 5.56 Å². The highest BCUT2D eigenvalue weighted by Crippen LogP contribution is 2.23. The summed E-state index contributed by atoms with van der Waals surface area (Å²) in [7, 11) is 0. The van der Waals surface area contributed by atoms with Gasteiger partial charge in [0, 0.05) is 18.9 Å². The molecule has 0 aromatic carbocycles. The fraction of sp³-hybridized carbons (Fsp3) is 0.167. The van der Waals surface area contributed by atoms with Crippen LogP contribution in [0.4, 0.5) is 0 Å². The Hall–Kier alpha value is -2.10. The maximum Gasteiger partial charge on any atom is 0.262 e. The molecule has 16 heavy (non-hydrogen) atoms. The Balaban J connectivity index is 2.59. The molecule has 0 radical (unpaired) electrons. The van der Waals surface area contributed by atoms with E-state index in [0.29, 0.717) is 23.2 Å². The molecule has 0 unspecified atom stereocenters. The molecule has 0 N–H and O–H groups in total. The van der Waals surface area contributed by atoms with Crippen LogP contribution >= 0.6 is 0 Å². The van der Waals surface area contributed by atoms with Gasteiger partial charge in [0.1, 0.15) is 5.58 Å². The van der Waals surface area contributed by atoms with E-state index in [2.05, 4.69) is 4.98 Å². The van der Waals surface area contributed by atoms with Crippen molar-refractivity contribution in [3.63, 3.8) is 0 Å². The van der Waals surface area contributed by atoms with Crippen LogP contribution in [-0.4, -0.2) is 9.55 Å². The van der Waals surface area contributed by atoms with Crippen molar-refractivity contribution in [2.24, 2.45) is 0 Å². The maximum absolute atomic E-state index is 12.1. The summed E-state index contributed by atoms with van der Waals surface area (Å²) in [5, 5.41) is 1.40. The topological polar surface area (TPSA) is 48.0 Å². The first-order valence-corrected chi connectivity index (χ1v) is 5.18. The van der Waals surface area contributed by atoms with Gasteiger partial charge in [0.15, 0.2) is 0 Å². The molecule has 0 amide bonds.